The molecule has 230 valence electrons. The number of imide groups is 2. The molecule has 7 rings (SSSR count). The van der Waals surface area contributed by atoms with Crippen LogP contribution >= 0.6 is 23.2 Å². The number of nitrogens with zero attached hydrogens (tertiary/aromatic N) is 2. The van der Waals surface area contributed by atoms with Crippen molar-refractivity contribution in [2.75, 3.05) is 9.80 Å². The normalized spacial score (nSPS) is 30.8. The molecule has 0 spiro atoms. The first-order valence-corrected chi connectivity index (χ1v) is 14.9. The molecule has 2 aliphatic heterocycles. The van der Waals surface area contributed by atoms with Gasteiger partial charge in [-0.2, -0.15) is 0 Å². The summed E-state index contributed by atoms with van der Waals surface area (Å²) in [4.78, 5) is 53.9. The van der Waals surface area contributed by atoms with Gasteiger partial charge in [-0.05, 0) is 72.8 Å². The van der Waals surface area contributed by atoms with Gasteiger partial charge in [0.1, 0.15) is 23.9 Å². The van der Waals surface area contributed by atoms with Crippen molar-refractivity contribution in [2.45, 2.75) is 35.1 Å². The van der Waals surface area contributed by atoms with Gasteiger partial charge in [-0.3, -0.25) is 24.1 Å². The molecular formula is C31H24BCl2FN2O8. The minimum absolute atomic E-state index is 0.0502. The second-order valence-corrected chi connectivity index (χ2v) is 12.9. The fourth-order valence-corrected chi connectivity index (χ4v) is 8.34. The number of aliphatic hydroxyl groups is 1. The van der Waals surface area contributed by atoms with E-state index in [2.05, 4.69) is 0 Å². The predicted octanol–water partition coefficient (Wildman–Crippen LogP) is 2.36. The Morgan fingerprint density at radius 3 is 2.31 bits per heavy atom. The Labute approximate surface area is 265 Å². The Bertz CT molecular complexity index is 1810. The van der Waals surface area contributed by atoms with Crippen molar-refractivity contribution in [3.63, 3.8) is 0 Å². The molecule has 2 saturated heterocycles. The minimum Gasteiger partial charge on any atom is -0.463 e. The molecule has 10 nitrogen and oxygen atoms in total. The molecule has 1 aromatic heterocycles. The lowest BCUT2D eigenvalue weighted by molar-refractivity contribution is -0.125. The molecular weight excluding hydrogens is 629 g/mol. The standard InChI is InChI=1S/C31H24BCl2FN2O8/c33-30-13-22-20(9-10-21-24(22)27(40)36(26(21)39)18-3-1-2-15(12-18)32(43)44)25(23-11-8-19(14-38)45-23)31(30,34)29(42)37(28(30)41)17-6-4-16(35)5-7-17/h1-9,11-12,21-22,24-25,38,43-44H,10,13-14H2. The van der Waals surface area contributed by atoms with Crippen LogP contribution in [0.5, 0.6) is 0 Å². The lowest BCUT2D eigenvalue weighted by Crippen LogP contribution is -2.60. The summed E-state index contributed by atoms with van der Waals surface area (Å²) >= 11 is 14.5. The fraction of sp³-hybridized carbons (Fsp3) is 0.290. The molecule has 0 radical (unpaired) electrons. The van der Waals surface area contributed by atoms with E-state index < -0.39 is 76.6 Å². The maximum atomic E-state index is 14.3. The number of carbonyl (C=O) groups excluding carboxylic acids is 4. The third-order valence-corrected chi connectivity index (χ3v) is 10.9. The number of benzene rings is 2. The second kappa shape index (κ2) is 10.4. The Kier molecular flexibility index (Phi) is 6.88. The third-order valence-electron chi connectivity index (χ3n) is 9.45. The number of aliphatic hydroxyl groups excluding tert-OH is 1. The molecule has 2 aromatic carbocycles. The van der Waals surface area contributed by atoms with Crippen LogP contribution in [-0.4, -0.2) is 55.7 Å². The highest BCUT2D eigenvalue weighted by molar-refractivity contribution is 6.59. The van der Waals surface area contributed by atoms with Gasteiger partial charge in [0.15, 0.2) is 9.75 Å². The molecule has 3 heterocycles. The molecule has 4 aliphatic rings. The van der Waals surface area contributed by atoms with E-state index in [9.17, 15) is 38.7 Å². The van der Waals surface area contributed by atoms with Crippen LogP contribution in [0.3, 0.4) is 0 Å². The first-order chi connectivity index (χ1) is 21.4. The number of rotatable bonds is 5. The summed E-state index contributed by atoms with van der Waals surface area (Å²) in [6.07, 6.45) is 1.56. The molecule has 1 saturated carbocycles. The summed E-state index contributed by atoms with van der Waals surface area (Å²) in [6.45, 7) is -0.459. The van der Waals surface area contributed by atoms with Crippen molar-refractivity contribution < 1.29 is 43.1 Å². The van der Waals surface area contributed by atoms with E-state index in [1.807, 2.05) is 0 Å². The van der Waals surface area contributed by atoms with Gasteiger partial charge in [0.25, 0.3) is 11.8 Å². The van der Waals surface area contributed by atoms with Crippen LogP contribution in [0.4, 0.5) is 15.8 Å². The molecule has 3 N–H and O–H groups in total. The smallest absolute Gasteiger partial charge is 0.463 e. The van der Waals surface area contributed by atoms with Crippen LogP contribution in [0.25, 0.3) is 0 Å². The van der Waals surface area contributed by atoms with Crippen molar-refractivity contribution in [3.05, 3.63) is 89.7 Å². The highest BCUT2D eigenvalue weighted by Gasteiger charge is 2.77. The zero-order valence-electron chi connectivity index (χ0n) is 23.3. The molecule has 14 heteroatoms. The topological polar surface area (TPSA) is 149 Å². The zero-order valence-corrected chi connectivity index (χ0v) is 24.8. The summed E-state index contributed by atoms with van der Waals surface area (Å²) in [7, 11) is -1.83. The van der Waals surface area contributed by atoms with Crippen LogP contribution < -0.4 is 15.3 Å². The van der Waals surface area contributed by atoms with E-state index in [1.165, 1.54) is 48.5 Å². The summed E-state index contributed by atoms with van der Waals surface area (Å²) < 4.78 is 19.7. The van der Waals surface area contributed by atoms with Gasteiger partial charge in [0.05, 0.1) is 29.1 Å². The van der Waals surface area contributed by atoms with E-state index in [-0.39, 0.29) is 41.2 Å². The highest BCUT2D eigenvalue weighted by atomic mass is 35.5. The van der Waals surface area contributed by atoms with E-state index in [0.717, 1.165) is 21.9 Å². The number of carbonyl (C=O) groups is 4. The zero-order chi connectivity index (χ0) is 32.0. The summed E-state index contributed by atoms with van der Waals surface area (Å²) in [5.74, 6) is -6.93. The molecule has 2 aliphatic carbocycles. The molecule has 6 unspecified atom stereocenters. The van der Waals surface area contributed by atoms with E-state index >= 15 is 0 Å². The summed E-state index contributed by atoms with van der Waals surface area (Å²) in [6, 6.07) is 13.5. The molecule has 0 bridgehead atoms. The first-order valence-electron chi connectivity index (χ1n) is 14.2. The van der Waals surface area contributed by atoms with Gasteiger partial charge in [-0.1, -0.05) is 23.8 Å². The van der Waals surface area contributed by atoms with Crippen molar-refractivity contribution in [1.82, 2.24) is 0 Å². The molecule has 4 amide bonds. The molecule has 3 aromatic rings. The summed E-state index contributed by atoms with van der Waals surface area (Å²) in [5, 5.41) is 29.1. The average Bonchev–Trinajstić information content (AvgIpc) is 3.64. The van der Waals surface area contributed by atoms with Gasteiger partial charge in [-0.25, -0.2) is 9.29 Å². The Morgan fingerprint density at radius 1 is 0.911 bits per heavy atom. The van der Waals surface area contributed by atoms with Crippen LogP contribution in [0, 0.1) is 23.6 Å². The molecule has 45 heavy (non-hydrogen) atoms. The number of hydrogen-bond donors (Lipinski definition) is 3. The van der Waals surface area contributed by atoms with Gasteiger partial charge in [0, 0.05) is 0 Å². The second-order valence-electron chi connectivity index (χ2n) is 11.7. The quantitative estimate of drug-likeness (QED) is 0.165. The number of amides is 4. The minimum atomic E-state index is -2.16. The number of hydrogen-bond acceptors (Lipinski definition) is 8. The number of furan rings is 1. The van der Waals surface area contributed by atoms with Gasteiger partial charge in [-0.15, -0.1) is 23.2 Å². The lowest BCUT2D eigenvalue weighted by Gasteiger charge is -2.49. The Morgan fingerprint density at radius 2 is 1.64 bits per heavy atom. The lowest BCUT2D eigenvalue weighted by atomic mass is 9.57. The largest absolute Gasteiger partial charge is 0.488 e. The fourth-order valence-electron chi connectivity index (χ4n) is 7.42. The van der Waals surface area contributed by atoms with E-state index in [0.29, 0.717) is 5.57 Å². The number of allylic oxidation sites excluding steroid dienone is 2. The van der Waals surface area contributed by atoms with Crippen molar-refractivity contribution in [1.29, 1.82) is 0 Å². The van der Waals surface area contributed by atoms with Crippen LogP contribution in [0.1, 0.15) is 30.3 Å². The Balaban J connectivity index is 1.37. The van der Waals surface area contributed by atoms with Crippen LogP contribution in [0.2, 0.25) is 0 Å². The van der Waals surface area contributed by atoms with Gasteiger partial charge < -0.3 is 19.6 Å². The van der Waals surface area contributed by atoms with E-state index in [1.54, 1.807) is 6.08 Å². The number of anilines is 2. The maximum absolute atomic E-state index is 14.3. The summed E-state index contributed by atoms with van der Waals surface area (Å²) in [5.41, 5.74) is 0.777. The SMILES string of the molecule is O=C1C2CC=C3C(CC4(Cl)C(=O)N(c5ccc(F)cc5)C(=O)C4(Cl)C3c3ccc(CO)o3)C2C(=O)N1c1cccc(B(O)O)c1. The molecule has 3 fully saturated rings. The third kappa shape index (κ3) is 4.06. The Hall–Kier alpha value is -3.81. The molecule has 6 atom stereocenters. The monoisotopic (exact) mass is 652 g/mol. The van der Waals surface area contributed by atoms with Crippen LogP contribution in [0.15, 0.2) is 76.7 Å². The van der Waals surface area contributed by atoms with Gasteiger partial charge >= 0.3 is 7.12 Å². The predicted molar refractivity (Wildman–Crippen MR) is 160 cm³/mol. The maximum Gasteiger partial charge on any atom is 0.488 e. The van der Waals surface area contributed by atoms with E-state index in [4.69, 9.17) is 27.6 Å². The average molecular weight is 653 g/mol. The van der Waals surface area contributed by atoms with Crippen molar-refractivity contribution >= 4 is 70.8 Å². The van der Waals surface area contributed by atoms with Gasteiger partial charge in [0.2, 0.25) is 11.8 Å². The van der Waals surface area contributed by atoms with Crippen molar-refractivity contribution in [2.24, 2.45) is 17.8 Å². The van der Waals surface area contributed by atoms with Crippen LogP contribution in [-0.2, 0) is 25.8 Å². The first kappa shape index (κ1) is 29.9. The number of alkyl halides is 2. The van der Waals surface area contributed by atoms with Crippen molar-refractivity contribution in [3.8, 4) is 0 Å². The number of fused-ring (bicyclic) bond motifs is 4. The highest BCUT2D eigenvalue weighted by Crippen LogP contribution is 2.66. The number of halogens is 3.